The van der Waals surface area contributed by atoms with Gasteiger partial charge in [0.1, 0.15) is 5.75 Å². The summed E-state index contributed by atoms with van der Waals surface area (Å²) in [5.41, 5.74) is 3.61. The van der Waals surface area contributed by atoms with Crippen LogP contribution >= 0.6 is 27.5 Å². The van der Waals surface area contributed by atoms with E-state index < -0.39 is 0 Å². The predicted molar refractivity (Wildman–Crippen MR) is 92.4 cm³/mol. The van der Waals surface area contributed by atoms with Crippen LogP contribution in [0, 0.1) is 6.92 Å². The van der Waals surface area contributed by atoms with E-state index in [4.69, 9.17) is 16.3 Å². The van der Waals surface area contributed by atoms with Crippen molar-refractivity contribution < 1.29 is 4.74 Å². The van der Waals surface area contributed by atoms with Crippen LogP contribution in [0.4, 0.5) is 0 Å². The fourth-order valence-electron chi connectivity index (χ4n) is 2.50. The highest BCUT2D eigenvalue weighted by molar-refractivity contribution is 9.10. The summed E-state index contributed by atoms with van der Waals surface area (Å²) < 4.78 is 6.40. The lowest BCUT2D eigenvalue weighted by molar-refractivity contribution is 0.398. The Hall–Kier alpha value is -1.03. The van der Waals surface area contributed by atoms with Gasteiger partial charge in [0.15, 0.2) is 0 Å². The van der Waals surface area contributed by atoms with Gasteiger partial charge in [-0.2, -0.15) is 0 Å². The summed E-state index contributed by atoms with van der Waals surface area (Å²) in [7, 11) is 3.63. The lowest BCUT2D eigenvalue weighted by Crippen LogP contribution is -2.19. The van der Waals surface area contributed by atoms with Gasteiger partial charge >= 0.3 is 0 Å². The fraction of sp³-hybridized carbons (Fsp3) is 0.294. The van der Waals surface area contributed by atoms with E-state index in [9.17, 15) is 0 Å². The molecule has 0 spiro atoms. The van der Waals surface area contributed by atoms with Crippen molar-refractivity contribution in [3.63, 3.8) is 0 Å². The van der Waals surface area contributed by atoms with Crippen molar-refractivity contribution in [2.24, 2.45) is 0 Å². The first-order chi connectivity index (χ1) is 10.0. The Morgan fingerprint density at radius 1 is 1.29 bits per heavy atom. The zero-order valence-corrected chi connectivity index (χ0v) is 14.8. The SMILES string of the molecule is CNC(Cc1cccc(C)c1)c1cc(Cl)cc(Br)c1OC. The smallest absolute Gasteiger partial charge is 0.137 e. The van der Waals surface area contributed by atoms with E-state index >= 15 is 0 Å². The van der Waals surface area contributed by atoms with Gasteiger partial charge in [0.25, 0.3) is 0 Å². The number of ether oxygens (including phenoxy) is 1. The average molecular weight is 369 g/mol. The van der Waals surface area contributed by atoms with Gasteiger partial charge in [0.2, 0.25) is 0 Å². The third-order valence-corrected chi connectivity index (χ3v) is 4.29. The van der Waals surface area contributed by atoms with Gasteiger partial charge in [-0.1, -0.05) is 41.4 Å². The van der Waals surface area contributed by atoms with Crippen LogP contribution in [0.1, 0.15) is 22.7 Å². The fourth-order valence-corrected chi connectivity index (χ4v) is 3.49. The van der Waals surface area contributed by atoms with Crippen LogP contribution in [0.2, 0.25) is 5.02 Å². The topological polar surface area (TPSA) is 21.3 Å². The zero-order valence-electron chi connectivity index (χ0n) is 12.4. The number of rotatable bonds is 5. The molecule has 2 aromatic rings. The molecule has 2 rings (SSSR count). The summed E-state index contributed by atoms with van der Waals surface area (Å²) in [4.78, 5) is 0. The van der Waals surface area contributed by atoms with Crippen molar-refractivity contribution in [3.8, 4) is 5.75 Å². The van der Waals surface area contributed by atoms with E-state index in [1.165, 1.54) is 11.1 Å². The lowest BCUT2D eigenvalue weighted by Gasteiger charge is -2.21. The first-order valence-corrected chi connectivity index (χ1v) is 7.98. The molecule has 0 saturated carbocycles. The van der Waals surface area contributed by atoms with Crippen LogP contribution in [-0.2, 0) is 6.42 Å². The lowest BCUT2D eigenvalue weighted by atomic mass is 9.97. The minimum Gasteiger partial charge on any atom is -0.495 e. The second-order valence-corrected chi connectivity index (χ2v) is 6.34. The van der Waals surface area contributed by atoms with Gasteiger partial charge in [-0.25, -0.2) is 0 Å². The van der Waals surface area contributed by atoms with Crippen molar-refractivity contribution >= 4 is 27.5 Å². The van der Waals surface area contributed by atoms with Crippen LogP contribution in [-0.4, -0.2) is 14.2 Å². The molecule has 0 heterocycles. The molecule has 2 aromatic carbocycles. The molecule has 0 aromatic heterocycles. The minimum atomic E-state index is 0.136. The summed E-state index contributed by atoms with van der Waals surface area (Å²) in [6, 6.07) is 12.5. The Kier molecular flexibility index (Phi) is 5.68. The van der Waals surface area contributed by atoms with Crippen LogP contribution in [0.3, 0.4) is 0 Å². The normalized spacial score (nSPS) is 12.2. The number of aryl methyl sites for hydroxylation is 1. The van der Waals surface area contributed by atoms with E-state index in [1.54, 1.807) is 7.11 Å². The number of hydrogen-bond acceptors (Lipinski definition) is 2. The predicted octanol–water partition coefficient (Wildman–Crippen LogP) is 4.92. The summed E-state index contributed by atoms with van der Waals surface area (Å²) in [6.45, 7) is 2.11. The molecular formula is C17H19BrClNO. The Balaban J connectivity index is 2.37. The zero-order chi connectivity index (χ0) is 15.4. The molecule has 21 heavy (non-hydrogen) atoms. The molecular weight excluding hydrogens is 350 g/mol. The van der Waals surface area contributed by atoms with Crippen LogP contribution < -0.4 is 10.1 Å². The molecule has 1 atom stereocenters. The van der Waals surface area contributed by atoms with E-state index in [-0.39, 0.29) is 6.04 Å². The molecule has 0 bridgehead atoms. The van der Waals surface area contributed by atoms with Crippen molar-refractivity contribution in [1.29, 1.82) is 0 Å². The van der Waals surface area contributed by atoms with Crippen molar-refractivity contribution in [2.45, 2.75) is 19.4 Å². The van der Waals surface area contributed by atoms with E-state index in [0.717, 1.165) is 22.2 Å². The summed E-state index contributed by atoms with van der Waals surface area (Å²) >= 11 is 9.71. The van der Waals surface area contributed by atoms with Gasteiger partial charge in [-0.05, 0) is 54.0 Å². The summed E-state index contributed by atoms with van der Waals surface area (Å²) in [5.74, 6) is 0.825. The minimum absolute atomic E-state index is 0.136. The average Bonchev–Trinajstić information content (AvgIpc) is 2.44. The second-order valence-electron chi connectivity index (χ2n) is 5.04. The maximum absolute atomic E-state index is 6.19. The molecule has 112 valence electrons. The summed E-state index contributed by atoms with van der Waals surface area (Å²) in [5, 5.41) is 4.05. The van der Waals surface area contributed by atoms with Gasteiger partial charge in [0.05, 0.1) is 11.6 Å². The van der Waals surface area contributed by atoms with Crippen LogP contribution in [0.5, 0.6) is 5.75 Å². The molecule has 0 saturated heterocycles. The molecule has 0 aliphatic heterocycles. The number of methoxy groups -OCH3 is 1. The Labute approximate surface area is 139 Å². The third-order valence-electron chi connectivity index (χ3n) is 3.49. The first kappa shape index (κ1) is 16.3. The first-order valence-electron chi connectivity index (χ1n) is 6.81. The molecule has 0 radical (unpaired) electrons. The van der Waals surface area contributed by atoms with E-state index in [2.05, 4.69) is 52.4 Å². The second kappa shape index (κ2) is 7.30. The molecule has 0 aliphatic carbocycles. The van der Waals surface area contributed by atoms with Crippen molar-refractivity contribution in [2.75, 3.05) is 14.2 Å². The van der Waals surface area contributed by atoms with Crippen LogP contribution in [0.15, 0.2) is 40.9 Å². The van der Waals surface area contributed by atoms with Crippen LogP contribution in [0.25, 0.3) is 0 Å². The maximum Gasteiger partial charge on any atom is 0.137 e. The highest BCUT2D eigenvalue weighted by Gasteiger charge is 2.18. The molecule has 4 heteroatoms. The van der Waals surface area contributed by atoms with Gasteiger partial charge in [-0.15, -0.1) is 0 Å². The molecule has 0 aliphatic rings. The quantitative estimate of drug-likeness (QED) is 0.808. The third kappa shape index (κ3) is 4.00. The number of nitrogens with one attached hydrogen (secondary N) is 1. The Morgan fingerprint density at radius 2 is 2.05 bits per heavy atom. The highest BCUT2D eigenvalue weighted by Crippen LogP contribution is 2.37. The molecule has 1 unspecified atom stereocenters. The van der Waals surface area contributed by atoms with E-state index in [0.29, 0.717) is 5.02 Å². The standard InChI is InChI=1S/C17H19BrClNO/c1-11-5-4-6-12(7-11)8-16(20-2)14-9-13(19)10-15(18)17(14)21-3/h4-7,9-10,16,20H,8H2,1-3H3. The monoisotopic (exact) mass is 367 g/mol. The maximum atomic E-state index is 6.19. The van der Waals surface area contributed by atoms with Gasteiger partial charge < -0.3 is 10.1 Å². The molecule has 1 N–H and O–H groups in total. The Morgan fingerprint density at radius 3 is 2.67 bits per heavy atom. The van der Waals surface area contributed by atoms with E-state index in [1.807, 2.05) is 19.2 Å². The van der Waals surface area contributed by atoms with Gasteiger partial charge in [-0.3, -0.25) is 0 Å². The molecule has 0 fully saturated rings. The number of halogens is 2. The Bertz CT molecular complexity index is 630. The largest absolute Gasteiger partial charge is 0.495 e. The van der Waals surface area contributed by atoms with Crippen molar-refractivity contribution in [1.82, 2.24) is 5.32 Å². The molecule has 2 nitrogen and oxygen atoms in total. The molecule has 0 amide bonds. The van der Waals surface area contributed by atoms with Gasteiger partial charge in [0, 0.05) is 16.6 Å². The number of hydrogen-bond donors (Lipinski definition) is 1. The number of likely N-dealkylation sites (N-methyl/N-ethyl adjacent to an activating group) is 1. The van der Waals surface area contributed by atoms with Crippen molar-refractivity contribution in [3.05, 3.63) is 62.6 Å². The number of benzene rings is 2. The summed E-state index contributed by atoms with van der Waals surface area (Å²) in [6.07, 6.45) is 0.876. The highest BCUT2D eigenvalue weighted by atomic mass is 79.9.